The lowest BCUT2D eigenvalue weighted by Crippen LogP contribution is -1.97. The first-order valence-corrected chi connectivity index (χ1v) is 8.64. The molecule has 0 aliphatic carbocycles. The van der Waals surface area contributed by atoms with Crippen molar-refractivity contribution in [2.75, 3.05) is 5.43 Å². The van der Waals surface area contributed by atoms with Crippen LogP contribution in [0.3, 0.4) is 0 Å². The predicted octanol–water partition coefficient (Wildman–Crippen LogP) is 6.63. The molecule has 0 saturated carbocycles. The van der Waals surface area contributed by atoms with Gasteiger partial charge in [0.1, 0.15) is 0 Å². The van der Waals surface area contributed by atoms with E-state index in [4.69, 9.17) is 34.8 Å². The Morgan fingerprint density at radius 2 is 1.75 bits per heavy atom. The van der Waals surface area contributed by atoms with Crippen LogP contribution in [0, 0.1) is 0 Å². The second kappa shape index (κ2) is 7.06. The van der Waals surface area contributed by atoms with E-state index in [9.17, 15) is 0 Å². The molecular formula is C18H16Cl3N3. The molecule has 3 nitrogen and oxygen atoms in total. The number of halogens is 3. The Bertz CT molecular complexity index is 890. The SMILES string of the molecule is CC(C)n1cc(C=NNc2c(Cl)cc(Cl)cc2Cl)c2ccccc21. The number of benzene rings is 2. The third-order valence-electron chi connectivity index (χ3n) is 3.71. The molecule has 1 N–H and O–H groups in total. The van der Waals surface area contributed by atoms with Crippen LogP contribution in [0.15, 0.2) is 47.7 Å². The lowest BCUT2D eigenvalue weighted by atomic mass is 10.2. The van der Waals surface area contributed by atoms with E-state index < -0.39 is 0 Å². The van der Waals surface area contributed by atoms with Gasteiger partial charge in [-0.2, -0.15) is 5.10 Å². The summed E-state index contributed by atoms with van der Waals surface area (Å²) in [6.45, 7) is 4.30. The van der Waals surface area contributed by atoms with E-state index >= 15 is 0 Å². The minimum atomic E-state index is 0.366. The Labute approximate surface area is 155 Å². The first kappa shape index (κ1) is 17.2. The topological polar surface area (TPSA) is 29.3 Å². The van der Waals surface area contributed by atoms with Gasteiger partial charge in [-0.25, -0.2) is 0 Å². The van der Waals surface area contributed by atoms with Gasteiger partial charge in [-0.1, -0.05) is 53.0 Å². The number of para-hydroxylation sites is 1. The van der Waals surface area contributed by atoms with Gasteiger partial charge in [0.25, 0.3) is 0 Å². The summed E-state index contributed by atoms with van der Waals surface area (Å²) in [6.07, 6.45) is 3.86. The number of rotatable bonds is 4. The fourth-order valence-corrected chi connectivity index (χ4v) is 3.48. The molecular weight excluding hydrogens is 365 g/mol. The second-order valence-electron chi connectivity index (χ2n) is 5.72. The maximum atomic E-state index is 6.15. The molecule has 6 heteroatoms. The number of anilines is 1. The monoisotopic (exact) mass is 379 g/mol. The average Bonchev–Trinajstić information content (AvgIpc) is 2.89. The van der Waals surface area contributed by atoms with Gasteiger partial charge in [0.15, 0.2) is 0 Å². The summed E-state index contributed by atoms with van der Waals surface area (Å²) in [7, 11) is 0. The van der Waals surface area contributed by atoms with E-state index in [2.05, 4.69) is 47.3 Å². The molecule has 0 spiro atoms. The van der Waals surface area contributed by atoms with E-state index in [1.807, 2.05) is 12.1 Å². The van der Waals surface area contributed by atoms with Gasteiger partial charge >= 0.3 is 0 Å². The number of nitrogens with zero attached hydrogens (tertiary/aromatic N) is 2. The molecule has 1 aromatic heterocycles. The molecule has 0 aliphatic heterocycles. The van der Waals surface area contributed by atoms with Crippen LogP contribution in [0.2, 0.25) is 15.1 Å². The Kier molecular flexibility index (Phi) is 5.04. The highest BCUT2D eigenvalue weighted by Crippen LogP contribution is 2.33. The minimum Gasteiger partial charge on any atom is -0.344 e. The summed E-state index contributed by atoms with van der Waals surface area (Å²) in [5, 5.41) is 6.77. The highest BCUT2D eigenvalue weighted by molar-refractivity contribution is 6.41. The summed E-state index contributed by atoms with van der Waals surface area (Å²) >= 11 is 18.2. The van der Waals surface area contributed by atoms with Crippen LogP contribution in [0.25, 0.3) is 10.9 Å². The van der Waals surface area contributed by atoms with E-state index in [-0.39, 0.29) is 0 Å². The van der Waals surface area contributed by atoms with Crippen molar-refractivity contribution < 1.29 is 0 Å². The number of hydrogen-bond donors (Lipinski definition) is 1. The van der Waals surface area contributed by atoms with Crippen molar-refractivity contribution >= 4 is 57.6 Å². The van der Waals surface area contributed by atoms with E-state index in [0.29, 0.717) is 26.8 Å². The maximum absolute atomic E-state index is 6.15. The largest absolute Gasteiger partial charge is 0.344 e. The van der Waals surface area contributed by atoms with Crippen molar-refractivity contribution in [1.29, 1.82) is 0 Å². The zero-order valence-electron chi connectivity index (χ0n) is 13.2. The number of nitrogens with one attached hydrogen (secondary N) is 1. The van der Waals surface area contributed by atoms with Crippen LogP contribution in [-0.4, -0.2) is 10.8 Å². The molecule has 0 radical (unpaired) electrons. The van der Waals surface area contributed by atoms with Crippen molar-refractivity contribution in [1.82, 2.24) is 4.57 Å². The second-order valence-corrected chi connectivity index (χ2v) is 6.97. The summed E-state index contributed by atoms with van der Waals surface area (Å²) in [5.41, 5.74) is 5.63. The van der Waals surface area contributed by atoms with Crippen molar-refractivity contribution in [2.24, 2.45) is 5.10 Å². The minimum absolute atomic E-state index is 0.366. The van der Waals surface area contributed by atoms with Gasteiger partial charge in [0, 0.05) is 33.7 Å². The smallest absolute Gasteiger partial charge is 0.0935 e. The molecule has 0 fully saturated rings. The van der Waals surface area contributed by atoms with Crippen LogP contribution in [0.4, 0.5) is 5.69 Å². The van der Waals surface area contributed by atoms with Gasteiger partial charge in [-0.15, -0.1) is 0 Å². The van der Waals surface area contributed by atoms with Crippen molar-refractivity contribution in [3.63, 3.8) is 0 Å². The van der Waals surface area contributed by atoms with E-state index in [0.717, 1.165) is 10.9 Å². The van der Waals surface area contributed by atoms with Crippen LogP contribution in [-0.2, 0) is 0 Å². The summed E-state index contributed by atoms with van der Waals surface area (Å²) in [4.78, 5) is 0. The first-order valence-electron chi connectivity index (χ1n) is 7.50. The summed E-state index contributed by atoms with van der Waals surface area (Å²) < 4.78 is 2.22. The summed E-state index contributed by atoms with van der Waals surface area (Å²) in [5.74, 6) is 0. The van der Waals surface area contributed by atoms with E-state index in [1.54, 1.807) is 18.3 Å². The van der Waals surface area contributed by atoms with Gasteiger partial charge in [-0.3, -0.25) is 5.43 Å². The van der Waals surface area contributed by atoms with Gasteiger partial charge in [-0.05, 0) is 32.0 Å². The molecule has 0 amide bonds. The maximum Gasteiger partial charge on any atom is 0.0935 e. The van der Waals surface area contributed by atoms with Gasteiger partial charge in [0.05, 0.1) is 21.9 Å². The molecule has 3 rings (SSSR count). The number of fused-ring (bicyclic) bond motifs is 1. The number of aromatic nitrogens is 1. The first-order chi connectivity index (χ1) is 11.5. The fraction of sp³-hybridized carbons (Fsp3) is 0.167. The number of hydrazone groups is 1. The van der Waals surface area contributed by atoms with Crippen LogP contribution in [0.1, 0.15) is 25.5 Å². The highest BCUT2D eigenvalue weighted by atomic mass is 35.5. The number of hydrogen-bond acceptors (Lipinski definition) is 2. The van der Waals surface area contributed by atoms with E-state index in [1.165, 1.54) is 5.52 Å². The highest BCUT2D eigenvalue weighted by Gasteiger charge is 2.09. The normalized spacial score (nSPS) is 11.8. The lowest BCUT2D eigenvalue weighted by molar-refractivity contribution is 0.623. The molecule has 0 saturated heterocycles. The Morgan fingerprint density at radius 3 is 2.42 bits per heavy atom. The van der Waals surface area contributed by atoms with Crippen LogP contribution in [0.5, 0.6) is 0 Å². The standard InChI is InChI=1S/C18H16Cl3N3/c1-11(2)24-10-12(14-5-3-4-6-17(14)24)9-22-23-18-15(20)7-13(19)8-16(18)21/h3-11,23H,1-2H3. The van der Waals surface area contributed by atoms with Crippen molar-refractivity contribution in [3.8, 4) is 0 Å². The van der Waals surface area contributed by atoms with Gasteiger partial charge in [0.2, 0.25) is 0 Å². The molecule has 0 atom stereocenters. The quantitative estimate of drug-likeness (QED) is 0.399. The zero-order chi connectivity index (χ0) is 17.3. The third kappa shape index (κ3) is 3.39. The Morgan fingerprint density at radius 1 is 1.08 bits per heavy atom. The molecule has 3 aromatic rings. The molecule has 1 heterocycles. The lowest BCUT2D eigenvalue weighted by Gasteiger charge is -2.08. The fourth-order valence-electron chi connectivity index (χ4n) is 2.58. The van der Waals surface area contributed by atoms with Crippen molar-refractivity contribution in [2.45, 2.75) is 19.9 Å². The molecule has 24 heavy (non-hydrogen) atoms. The van der Waals surface area contributed by atoms with Crippen molar-refractivity contribution in [3.05, 3.63) is 63.2 Å². The molecule has 0 unspecified atom stereocenters. The third-order valence-corrected chi connectivity index (χ3v) is 4.53. The Balaban J connectivity index is 1.92. The average molecular weight is 381 g/mol. The summed E-state index contributed by atoms with van der Waals surface area (Å²) in [6, 6.07) is 11.9. The molecule has 0 bridgehead atoms. The molecule has 124 valence electrons. The van der Waals surface area contributed by atoms with Gasteiger partial charge < -0.3 is 4.57 Å². The molecule has 0 aliphatic rings. The zero-order valence-corrected chi connectivity index (χ0v) is 15.5. The Hall–Kier alpha value is -1.68. The van der Waals surface area contributed by atoms with Crippen LogP contribution < -0.4 is 5.43 Å². The van der Waals surface area contributed by atoms with Crippen LogP contribution >= 0.6 is 34.8 Å². The molecule has 2 aromatic carbocycles. The predicted molar refractivity (Wildman–Crippen MR) is 105 cm³/mol.